The number of pyridine rings is 1. The first kappa shape index (κ1) is 9.71. The molecule has 0 spiro atoms. The third-order valence-corrected chi connectivity index (χ3v) is 2.87. The predicted molar refractivity (Wildman–Crippen MR) is 55.4 cm³/mol. The SMILES string of the molecule is Cc1cc(F)c(N2CCCC2)nc1Cl. The van der Waals surface area contributed by atoms with Crippen LogP contribution in [0.2, 0.25) is 5.15 Å². The third-order valence-electron chi connectivity index (χ3n) is 2.49. The summed E-state index contributed by atoms with van der Waals surface area (Å²) in [5, 5.41) is 0.397. The fourth-order valence-corrected chi connectivity index (χ4v) is 1.83. The van der Waals surface area contributed by atoms with Crippen LogP contribution in [0, 0.1) is 12.7 Å². The maximum atomic E-state index is 13.5. The summed E-state index contributed by atoms with van der Waals surface area (Å²) in [7, 11) is 0. The smallest absolute Gasteiger partial charge is 0.166 e. The van der Waals surface area contributed by atoms with Crippen molar-refractivity contribution >= 4 is 17.4 Å². The molecule has 14 heavy (non-hydrogen) atoms. The summed E-state index contributed by atoms with van der Waals surface area (Å²) in [6.07, 6.45) is 2.21. The molecular weight excluding hydrogens is 203 g/mol. The maximum absolute atomic E-state index is 13.5. The van der Waals surface area contributed by atoms with E-state index in [1.54, 1.807) is 6.92 Å². The van der Waals surface area contributed by atoms with Gasteiger partial charge in [0.25, 0.3) is 0 Å². The molecule has 0 N–H and O–H groups in total. The number of anilines is 1. The Balaban J connectivity index is 2.37. The van der Waals surface area contributed by atoms with E-state index in [1.807, 2.05) is 4.90 Å². The number of aromatic nitrogens is 1. The van der Waals surface area contributed by atoms with Crippen LogP contribution in [0.5, 0.6) is 0 Å². The van der Waals surface area contributed by atoms with E-state index < -0.39 is 0 Å². The highest BCUT2D eigenvalue weighted by Gasteiger charge is 2.18. The number of halogens is 2. The Hall–Kier alpha value is -0.830. The molecule has 2 heterocycles. The van der Waals surface area contributed by atoms with Crippen LogP contribution in [-0.4, -0.2) is 18.1 Å². The first-order valence-corrected chi connectivity index (χ1v) is 5.14. The van der Waals surface area contributed by atoms with Crippen molar-refractivity contribution in [3.63, 3.8) is 0 Å². The fourth-order valence-electron chi connectivity index (χ4n) is 1.70. The Bertz CT molecular complexity index is 348. The first-order chi connectivity index (χ1) is 6.68. The number of hydrogen-bond acceptors (Lipinski definition) is 2. The van der Waals surface area contributed by atoms with Crippen molar-refractivity contribution in [2.24, 2.45) is 0 Å². The van der Waals surface area contributed by atoms with Gasteiger partial charge in [0.05, 0.1) is 0 Å². The highest BCUT2D eigenvalue weighted by Crippen LogP contribution is 2.25. The normalized spacial score (nSPS) is 16.4. The van der Waals surface area contributed by atoms with Gasteiger partial charge in [0.1, 0.15) is 5.15 Å². The van der Waals surface area contributed by atoms with Crippen LogP contribution in [-0.2, 0) is 0 Å². The molecule has 0 radical (unpaired) electrons. The molecule has 0 bridgehead atoms. The van der Waals surface area contributed by atoms with Gasteiger partial charge in [-0.1, -0.05) is 11.6 Å². The molecule has 0 amide bonds. The summed E-state index contributed by atoms with van der Waals surface area (Å²) >= 11 is 5.86. The van der Waals surface area contributed by atoms with Gasteiger partial charge in [-0.05, 0) is 31.4 Å². The summed E-state index contributed by atoms with van der Waals surface area (Å²) in [6, 6.07) is 1.45. The fraction of sp³-hybridized carbons (Fsp3) is 0.500. The lowest BCUT2D eigenvalue weighted by Crippen LogP contribution is -2.20. The van der Waals surface area contributed by atoms with Crippen molar-refractivity contribution < 1.29 is 4.39 Å². The molecule has 2 nitrogen and oxygen atoms in total. The van der Waals surface area contributed by atoms with Gasteiger partial charge in [-0.25, -0.2) is 9.37 Å². The Kier molecular flexibility index (Phi) is 2.59. The predicted octanol–water partition coefficient (Wildman–Crippen LogP) is 2.78. The average Bonchev–Trinajstić information content (AvgIpc) is 2.64. The minimum Gasteiger partial charge on any atom is -0.354 e. The topological polar surface area (TPSA) is 16.1 Å². The Morgan fingerprint density at radius 1 is 1.43 bits per heavy atom. The number of hydrogen-bond donors (Lipinski definition) is 0. The van der Waals surface area contributed by atoms with Crippen LogP contribution in [0.15, 0.2) is 6.07 Å². The summed E-state index contributed by atoms with van der Waals surface area (Å²) in [5.41, 5.74) is 0.687. The molecule has 1 saturated heterocycles. The molecule has 4 heteroatoms. The van der Waals surface area contributed by atoms with Gasteiger partial charge in [-0.3, -0.25) is 0 Å². The quantitative estimate of drug-likeness (QED) is 0.669. The van der Waals surface area contributed by atoms with E-state index >= 15 is 0 Å². The van der Waals surface area contributed by atoms with Gasteiger partial charge in [-0.15, -0.1) is 0 Å². The molecule has 76 valence electrons. The van der Waals surface area contributed by atoms with Crippen LogP contribution in [0.1, 0.15) is 18.4 Å². The van der Waals surface area contributed by atoms with Gasteiger partial charge in [0.15, 0.2) is 11.6 Å². The van der Waals surface area contributed by atoms with E-state index in [-0.39, 0.29) is 5.82 Å². The minimum atomic E-state index is -0.270. The zero-order valence-electron chi connectivity index (χ0n) is 8.06. The van der Waals surface area contributed by atoms with Crippen LogP contribution in [0.25, 0.3) is 0 Å². The van der Waals surface area contributed by atoms with Gasteiger partial charge in [0, 0.05) is 13.1 Å². The summed E-state index contributed by atoms with van der Waals surface area (Å²) in [5.74, 6) is 0.131. The lowest BCUT2D eigenvalue weighted by molar-refractivity contribution is 0.614. The summed E-state index contributed by atoms with van der Waals surface area (Å²) in [6.45, 7) is 3.51. The van der Waals surface area contributed by atoms with Crippen LogP contribution in [0.4, 0.5) is 10.2 Å². The van der Waals surface area contributed by atoms with Gasteiger partial charge >= 0.3 is 0 Å². The van der Waals surface area contributed by atoms with Crippen molar-refractivity contribution in [1.29, 1.82) is 0 Å². The van der Waals surface area contributed by atoms with Crippen molar-refractivity contribution in [3.8, 4) is 0 Å². The molecule has 0 saturated carbocycles. The Morgan fingerprint density at radius 3 is 2.71 bits per heavy atom. The maximum Gasteiger partial charge on any atom is 0.166 e. The number of aryl methyl sites for hydroxylation is 1. The van der Waals surface area contributed by atoms with E-state index in [1.165, 1.54) is 6.07 Å². The van der Waals surface area contributed by atoms with Crippen molar-refractivity contribution in [1.82, 2.24) is 4.98 Å². The van der Waals surface area contributed by atoms with E-state index in [9.17, 15) is 4.39 Å². The lowest BCUT2D eigenvalue weighted by Gasteiger charge is -2.17. The first-order valence-electron chi connectivity index (χ1n) is 4.76. The Morgan fingerprint density at radius 2 is 2.07 bits per heavy atom. The minimum absolute atomic E-state index is 0.270. The average molecular weight is 215 g/mol. The molecule has 0 aliphatic carbocycles. The molecule has 1 aromatic heterocycles. The molecular formula is C10H12ClFN2. The molecule has 1 aliphatic rings. The molecule has 1 aliphatic heterocycles. The van der Waals surface area contributed by atoms with Crippen LogP contribution in [0.3, 0.4) is 0 Å². The van der Waals surface area contributed by atoms with Crippen LogP contribution < -0.4 is 4.90 Å². The highest BCUT2D eigenvalue weighted by atomic mass is 35.5. The number of rotatable bonds is 1. The van der Waals surface area contributed by atoms with Crippen molar-refractivity contribution in [2.45, 2.75) is 19.8 Å². The summed E-state index contributed by atoms with van der Waals surface area (Å²) < 4.78 is 13.5. The monoisotopic (exact) mass is 214 g/mol. The summed E-state index contributed by atoms with van der Waals surface area (Å²) in [4.78, 5) is 6.02. The standard InChI is InChI=1S/C10H12ClFN2/c1-7-6-8(12)10(13-9(7)11)14-4-2-3-5-14/h6H,2-5H2,1H3. The second kappa shape index (κ2) is 3.73. The van der Waals surface area contributed by atoms with E-state index in [0.717, 1.165) is 25.9 Å². The van der Waals surface area contributed by atoms with Gasteiger partial charge < -0.3 is 4.90 Å². The number of nitrogens with zero attached hydrogens (tertiary/aromatic N) is 2. The van der Waals surface area contributed by atoms with Crippen LogP contribution >= 0.6 is 11.6 Å². The zero-order valence-corrected chi connectivity index (χ0v) is 8.81. The second-order valence-electron chi connectivity index (χ2n) is 3.60. The molecule has 0 aromatic carbocycles. The van der Waals surface area contributed by atoms with E-state index in [2.05, 4.69) is 4.98 Å². The largest absolute Gasteiger partial charge is 0.354 e. The molecule has 1 fully saturated rings. The van der Waals surface area contributed by atoms with Crippen molar-refractivity contribution in [2.75, 3.05) is 18.0 Å². The third kappa shape index (κ3) is 1.69. The molecule has 2 rings (SSSR count). The van der Waals surface area contributed by atoms with Crippen molar-refractivity contribution in [3.05, 3.63) is 22.6 Å². The van der Waals surface area contributed by atoms with E-state index in [0.29, 0.717) is 16.5 Å². The van der Waals surface area contributed by atoms with Gasteiger partial charge in [0.2, 0.25) is 0 Å². The zero-order chi connectivity index (χ0) is 10.1. The van der Waals surface area contributed by atoms with Gasteiger partial charge in [-0.2, -0.15) is 0 Å². The molecule has 0 unspecified atom stereocenters. The second-order valence-corrected chi connectivity index (χ2v) is 3.95. The van der Waals surface area contributed by atoms with E-state index in [4.69, 9.17) is 11.6 Å². The molecule has 1 aromatic rings. The lowest BCUT2D eigenvalue weighted by atomic mass is 10.3. The molecule has 0 atom stereocenters. The highest BCUT2D eigenvalue weighted by molar-refractivity contribution is 6.30. The Labute approximate surface area is 87.7 Å².